The minimum Gasteiger partial charge on any atom is -0.491 e. The molecule has 4 heteroatoms. The van der Waals surface area contributed by atoms with Crippen molar-refractivity contribution in [3.05, 3.63) is 29.8 Å². The van der Waals surface area contributed by atoms with E-state index in [-0.39, 0.29) is 12.5 Å². The fraction of sp³-hybridized carbons (Fsp3) is 0.562. The summed E-state index contributed by atoms with van der Waals surface area (Å²) in [6, 6.07) is 7.92. The molecule has 1 aromatic carbocycles. The molecule has 0 aliphatic heterocycles. The highest BCUT2D eigenvalue weighted by Crippen LogP contribution is 2.39. The number of amides is 1. The predicted molar refractivity (Wildman–Crippen MR) is 79.5 cm³/mol. The number of ether oxygens (including phenoxy) is 1. The van der Waals surface area contributed by atoms with E-state index in [4.69, 9.17) is 16.2 Å². The Morgan fingerprint density at radius 3 is 2.65 bits per heavy atom. The highest BCUT2D eigenvalue weighted by Gasteiger charge is 2.47. The third kappa shape index (κ3) is 2.96. The monoisotopic (exact) mass is 276 g/mol. The zero-order chi connectivity index (χ0) is 14.8. The van der Waals surface area contributed by atoms with E-state index in [0.717, 1.165) is 30.6 Å². The van der Waals surface area contributed by atoms with Gasteiger partial charge in [0, 0.05) is 0 Å². The molecule has 2 atom stereocenters. The zero-order valence-corrected chi connectivity index (χ0v) is 12.3. The molecule has 0 bridgehead atoms. The molecule has 0 aromatic heterocycles. The van der Waals surface area contributed by atoms with Gasteiger partial charge in [0.2, 0.25) is 5.91 Å². The topological polar surface area (TPSA) is 78.3 Å². The van der Waals surface area contributed by atoms with Crippen LogP contribution in [0.4, 0.5) is 0 Å². The van der Waals surface area contributed by atoms with Gasteiger partial charge in [-0.25, -0.2) is 0 Å². The van der Waals surface area contributed by atoms with Crippen molar-refractivity contribution in [2.24, 2.45) is 17.4 Å². The molecular weight excluding hydrogens is 252 g/mol. The molecule has 1 aliphatic rings. The lowest BCUT2D eigenvalue weighted by Gasteiger charge is -2.27. The van der Waals surface area contributed by atoms with E-state index >= 15 is 0 Å². The first-order valence-corrected chi connectivity index (χ1v) is 7.29. The van der Waals surface area contributed by atoms with Crippen LogP contribution in [0.15, 0.2) is 24.3 Å². The number of nitrogens with two attached hydrogens (primary N) is 2. The Bertz CT molecular complexity index is 485. The van der Waals surface area contributed by atoms with Gasteiger partial charge in [-0.2, -0.15) is 0 Å². The van der Waals surface area contributed by atoms with Crippen molar-refractivity contribution in [3.63, 3.8) is 0 Å². The fourth-order valence-corrected chi connectivity index (χ4v) is 2.42. The summed E-state index contributed by atoms with van der Waals surface area (Å²) in [5, 5.41) is 0. The summed E-state index contributed by atoms with van der Waals surface area (Å²) in [4.78, 5) is 11.6. The van der Waals surface area contributed by atoms with E-state index in [2.05, 4.69) is 19.9 Å². The lowest BCUT2D eigenvalue weighted by atomic mass is 9.94. The number of primary amides is 1. The summed E-state index contributed by atoms with van der Waals surface area (Å²) < 4.78 is 5.86. The minimum atomic E-state index is -1.04. The van der Waals surface area contributed by atoms with E-state index in [9.17, 15) is 4.79 Å². The van der Waals surface area contributed by atoms with Gasteiger partial charge >= 0.3 is 0 Å². The molecule has 1 saturated carbocycles. The molecule has 2 unspecified atom stereocenters. The largest absolute Gasteiger partial charge is 0.491 e. The van der Waals surface area contributed by atoms with Crippen molar-refractivity contribution in [2.75, 3.05) is 6.61 Å². The number of benzene rings is 1. The number of carbonyl (C=O) groups is 1. The smallest absolute Gasteiger partial charge is 0.241 e. The summed E-state index contributed by atoms with van der Waals surface area (Å²) in [7, 11) is 0. The zero-order valence-electron chi connectivity index (χ0n) is 12.3. The van der Waals surface area contributed by atoms with Crippen LogP contribution >= 0.6 is 0 Å². The molecule has 1 fully saturated rings. The molecule has 0 heterocycles. The van der Waals surface area contributed by atoms with E-state index < -0.39 is 11.4 Å². The lowest BCUT2D eigenvalue weighted by molar-refractivity contribution is -0.125. The van der Waals surface area contributed by atoms with Gasteiger partial charge in [0.05, 0.1) is 0 Å². The van der Waals surface area contributed by atoms with Gasteiger partial charge in [-0.3, -0.25) is 4.79 Å². The number of hydrogen-bond acceptors (Lipinski definition) is 3. The van der Waals surface area contributed by atoms with E-state index in [0.29, 0.717) is 5.92 Å². The van der Waals surface area contributed by atoms with Gasteiger partial charge in [-0.1, -0.05) is 32.0 Å². The standard InChI is InChI=1S/C16H24N2O2/c1-3-11(2)13-6-4-5-7-14(13)20-10-16(18,15(17)19)12-8-9-12/h4-7,11-12H,3,8-10,18H2,1-2H3,(H2,17,19). The summed E-state index contributed by atoms with van der Waals surface area (Å²) in [5.41, 5.74) is 11.7. The maximum absolute atomic E-state index is 11.6. The number of rotatable bonds is 7. The Balaban J connectivity index is 2.12. The molecule has 1 aromatic rings. The van der Waals surface area contributed by atoms with Gasteiger partial charge in [0.1, 0.15) is 17.9 Å². The molecule has 1 aliphatic carbocycles. The van der Waals surface area contributed by atoms with Crippen LogP contribution in [0, 0.1) is 5.92 Å². The molecule has 0 saturated heterocycles. The molecule has 4 N–H and O–H groups in total. The summed E-state index contributed by atoms with van der Waals surface area (Å²) in [6.45, 7) is 4.45. The van der Waals surface area contributed by atoms with Crippen LogP contribution in [0.2, 0.25) is 0 Å². The molecule has 0 radical (unpaired) electrons. The van der Waals surface area contributed by atoms with Crippen molar-refractivity contribution >= 4 is 5.91 Å². The molecule has 1 amide bonds. The lowest BCUT2D eigenvalue weighted by Crippen LogP contribution is -2.58. The summed E-state index contributed by atoms with van der Waals surface area (Å²) in [6.07, 6.45) is 2.94. The Kier molecular flexibility index (Phi) is 4.33. The SMILES string of the molecule is CCC(C)c1ccccc1OCC(N)(C(N)=O)C1CC1. The van der Waals surface area contributed by atoms with Gasteiger partial charge in [0.25, 0.3) is 0 Å². The highest BCUT2D eigenvalue weighted by molar-refractivity contribution is 5.85. The van der Waals surface area contributed by atoms with E-state index in [1.807, 2.05) is 18.2 Å². The number of para-hydroxylation sites is 1. The van der Waals surface area contributed by atoms with E-state index in [1.165, 1.54) is 0 Å². The van der Waals surface area contributed by atoms with Crippen molar-refractivity contribution in [1.29, 1.82) is 0 Å². The maximum atomic E-state index is 11.6. The average molecular weight is 276 g/mol. The van der Waals surface area contributed by atoms with Gasteiger partial charge < -0.3 is 16.2 Å². The maximum Gasteiger partial charge on any atom is 0.241 e. The minimum absolute atomic E-state index is 0.153. The Morgan fingerprint density at radius 1 is 1.45 bits per heavy atom. The molecule has 110 valence electrons. The first-order chi connectivity index (χ1) is 9.49. The first kappa shape index (κ1) is 14.9. The van der Waals surface area contributed by atoms with Crippen LogP contribution in [0.25, 0.3) is 0 Å². The quantitative estimate of drug-likeness (QED) is 0.801. The van der Waals surface area contributed by atoms with Crippen molar-refractivity contribution in [1.82, 2.24) is 0 Å². The summed E-state index contributed by atoms with van der Waals surface area (Å²) in [5.74, 6) is 0.906. The summed E-state index contributed by atoms with van der Waals surface area (Å²) >= 11 is 0. The third-order valence-electron chi connectivity index (χ3n) is 4.29. The fourth-order valence-electron chi connectivity index (χ4n) is 2.42. The van der Waals surface area contributed by atoms with E-state index in [1.54, 1.807) is 0 Å². The van der Waals surface area contributed by atoms with Crippen molar-refractivity contribution < 1.29 is 9.53 Å². The Labute approximate surface area is 120 Å². The molecule has 4 nitrogen and oxygen atoms in total. The second kappa shape index (κ2) is 5.83. The van der Waals surface area contributed by atoms with Crippen molar-refractivity contribution in [3.8, 4) is 5.75 Å². The Morgan fingerprint density at radius 2 is 2.10 bits per heavy atom. The molecule has 2 rings (SSSR count). The molecule has 0 spiro atoms. The predicted octanol–water partition coefficient (Wildman–Crippen LogP) is 2.17. The first-order valence-electron chi connectivity index (χ1n) is 7.29. The van der Waals surface area contributed by atoms with Crippen LogP contribution in [0.5, 0.6) is 5.75 Å². The Hall–Kier alpha value is -1.55. The second-order valence-corrected chi connectivity index (χ2v) is 5.81. The second-order valence-electron chi connectivity index (χ2n) is 5.81. The third-order valence-corrected chi connectivity index (χ3v) is 4.29. The average Bonchev–Trinajstić information content (AvgIpc) is 3.29. The van der Waals surface area contributed by atoms with Crippen LogP contribution < -0.4 is 16.2 Å². The van der Waals surface area contributed by atoms with Gasteiger partial charge in [-0.05, 0) is 42.7 Å². The number of carbonyl (C=O) groups excluding carboxylic acids is 1. The molecular formula is C16H24N2O2. The molecule has 20 heavy (non-hydrogen) atoms. The van der Waals surface area contributed by atoms with Gasteiger partial charge in [-0.15, -0.1) is 0 Å². The van der Waals surface area contributed by atoms with Crippen LogP contribution in [-0.4, -0.2) is 18.1 Å². The van der Waals surface area contributed by atoms with Crippen LogP contribution in [0.1, 0.15) is 44.6 Å². The normalized spacial score (nSPS) is 19.1. The van der Waals surface area contributed by atoms with Crippen LogP contribution in [-0.2, 0) is 4.79 Å². The number of hydrogen-bond donors (Lipinski definition) is 2. The van der Waals surface area contributed by atoms with Gasteiger partial charge in [0.15, 0.2) is 0 Å². The van der Waals surface area contributed by atoms with Crippen LogP contribution in [0.3, 0.4) is 0 Å². The highest BCUT2D eigenvalue weighted by atomic mass is 16.5. The van der Waals surface area contributed by atoms with Crippen molar-refractivity contribution in [2.45, 2.75) is 44.6 Å².